The van der Waals surface area contributed by atoms with Crippen LogP contribution in [0.15, 0.2) is 18.2 Å². The fraction of sp³-hybridized carbons (Fsp3) is 0.647. The molecular weight excluding hydrogens is 297 g/mol. The van der Waals surface area contributed by atoms with Crippen molar-refractivity contribution in [2.24, 2.45) is 0 Å². The Kier molecular flexibility index (Phi) is 8.96. The molecule has 22 heavy (non-hydrogen) atoms. The van der Waals surface area contributed by atoms with E-state index in [1.54, 1.807) is 0 Å². The number of nitrogens with one attached hydrogen (secondary N) is 1. The van der Waals surface area contributed by atoms with Gasteiger partial charge >= 0.3 is 7.60 Å². The van der Waals surface area contributed by atoms with E-state index in [1.807, 2.05) is 19.9 Å². The van der Waals surface area contributed by atoms with E-state index in [0.29, 0.717) is 19.4 Å². The van der Waals surface area contributed by atoms with Crippen LogP contribution in [0.3, 0.4) is 0 Å². The fourth-order valence-corrected chi connectivity index (χ4v) is 4.06. The molecule has 1 aromatic carbocycles. The van der Waals surface area contributed by atoms with Crippen molar-refractivity contribution in [2.45, 2.75) is 53.2 Å². The fourth-order valence-electron chi connectivity index (χ4n) is 2.37. The van der Waals surface area contributed by atoms with Gasteiger partial charge in [0, 0.05) is 6.54 Å². The lowest BCUT2D eigenvalue weighted by Gasteiger charge is -2.20. The third kappa shape index (κ3) is 6.21. The van der Waals surface area contributed by atoms with Gasteiger partial charge in [0.2, 0.25) is 0 Å². The molecule has 0 radical (unpaired) electrons. The van der Waals surface area contributed by atoms with Gasteiger partial charge in [0.25, 0.3) is 0 Å². The lowest BCUT2D eigenvalue weighted by Crippen LogP contribution is -2.23. The van der Waals surface area contributed by atoms with Crippen LogP contribution in [0, 0.1) is 0 Å². The second-order valence-electron chi connectivity index (χ2n) is 5.34. The van der Waals surface area contributed by atoms with Crippen molar-refractivity contribution in [3.05, 3.63) is 34.9 Å². The first-order valence-electron chi connectivity index (χ1n) is 8.28. The van der Waals surface area contributed by atoms with Crippen molar-refractivity contribution in [2.75, 3.05) is 19.8 Å². The summed E-state index contributed by atoms with van der Waals surface area (Å²) in [5.41, 5.74) is 3.71. The highest BCUT2D eigenvalue weighted by atomic mass is 31.2. The van der Waals surface area contributed by atoms with Gasteiger partial charge in [0.05, 0.1) is 19.4 Å². The summed E-state index contributed by atoms with van der Waals surface area (Å²) in [5, 5.41) is 3.35. The molecule has 0 spiro atoms. The molecule has 1 aromatic rings. The van der Waals surface area contributed by atoms with E-state index in [1.165, 1.54) is 17.5 Å². The first-order chi connectivity index (χ1) is 10.6. The molecule has 0 aliphatic carbocycles. The largest absolute Gasteiger partial charge is 0.335 e. The van der Waals surface area contributed by atoms with Crippen LogP contribution in [0.25, 0.3) is 0 Å². The molecule has 0 saturated heterocycles. The van der Waals surface area contributed by atoms with Crippen molar-refractivity contribution in [1.29, 1.82) is 0 Å². The summed E-state index contributed by atoms with van der Waals surface area (Å²) in [6, 6.07) is 6.27. The summed E-state index contributed by atoms with van der Waals surface area (Å²) in [4.78, 5) is 0. The van der Waals surface area contributed by atoms with Crippen LogP contribution in [0.2, 0.25) is 0 Å². The molecule has 0 aromatic heterocycles. The Bertz CT molecular complexity index is 481. The van der Waals surface area contributed by atoms with Gasteiger partial charge in [-0.25, -0.2) is 0 Å². The van der Waals surface area contributed by atoms with Gasteiger partial charge in [0.15, 0.2) is 0 Å². The number of fused-ring (bicyclic) bond motifs is 1. The number of hydrogen-bond donors (Lipinski definition) is 1. The maximum atomic E-state index is 12.5. The highest BCUT2D eigenvalue weighted by Crippen LogP contribution is 2.51. The van der Waals surface area contributed by atoms with Gasteiger partial charge < -0.3 is 14.4 Å². The minimum atomic E-state index is -2.99. The Morgan fingerprint density at radius 3 is 2.32 bits per heavy atom. The number of benzene rings is 1. The second-order valence-corrected chi connectivity index (χ2v) is 7.40. The molecule has 0 unspecified atom stereocenters. The van der Waals surface area contributed by atoms with E-state index in [0.717, 1.165) is 25.1 Å². The maximum absolute atomic E-state index is 12.5. The van der Waals surface area contributed by atoms with Crippen LogP contribution < -0.4 is 5.32 Å². The van der Waals surface area contributed by atoms with Crippen LogP contribution >= 0.6 is 7.60 Å². The van der Waals surface area contributed by atoms with E-state index >= 15 is 0 Å². The van der Waals surface area contributed by atoms with Crippen molar-refractivity contribution in [3.63, 3.8) is 0 Å². The zero-order valence-electron chi connectivity index (χ0n) is 14.4. The normalized spacial score (nSPS) is 14.0. The summed E-state index contributed by atoms with van der Waals surface area (Å²) in [6.45, 7) is 10.7. The molecular formula is C17H30NO3P. The van der Waals surface area contributed by atoms with Crippen molar-refractivity contribution < 1.29 is 13.6 Å². The molecule has 0 bridgehead atoms. The van der Waals surface area contributed by atoms with Gasteiger partial charge in [-0.05, 0) is 43.5 Å². The van der Waals surface area contributed by atoms with Gasteiger partial charge in [-0.15, -0.1) is 0 Å². The Morgan fingerprint density at radius 1 is 1.09 bits per heavy atom. The average molecular weight is 327 g/mol. The van der Waals surface area contributed by atoms with Crippen molar-refractivity contribution in [1.82, 2.24) is 5.32 Å². The van der Waals surface area contributed by atoms with Crippen LogP contribution in [0.4, 0.5) is 0 Å². The Morgan fingerprint density at radius 2 is 1.73 bits per heavy atom. The zero-order valence-corrected chi connectivity index (χ0v) is 15.2. The summed E-state index contributed by atoms with van der Waals surface area (Å²) >= 11 is 0. The Balaban J connectivity index is 0.000000745. The van der Waals surface area contributed by atoms with Crippen LogP contribution in [0.5, 0.6) is 0 Å². The third-order valence-electron chi connectivity index (χ3n) is 3.19. The number of hydrogen-bond acceptors (Lipinski definition) is 4. The summed E-state index contributed by atoms with van der Waals surface area (Å²) in [6.07, 6.45) is 2.63. The molecule has 1 N–H and O–H groups in total. The topological polar surface area (TPSA) is 47.6 Å². The summed E-state index contributed by atoms with van der Waals surface area (Å²) in [7, 11) is -2.99. The zero-order chi connectivity index (χ0) is 16.4. The SMILES string of the molecule is CCC.CCOP(=O)(Cc1ccc2c(c1)CCNC2)OCC. The molecule has 0 saturated carbocycles. The van der Waals surface area contributed by atoms with Crippen LogP contribution in [-0.2, 0) is 32.7 Å². The second kappa shape index (κ2) is 10.2. The molecule has 0 fully saturated rings. The quantitative estimate of drug-likeness (QED) is 0.781. The molecule has 2 rings (SSSR count). The first-order valence-corrected chi connectivity index (χ1v) is 10.0. The molecule has 0 atom stereocenters. The van der Waals surface area contributed by atoms with Gasteiger partial charge in [-0.2, -0.15) is 0 Å². The highest BCUT2D eigenvalue weighted by Gasteiger charge is 2.24. The van der Waals surface area contributed by atoms with E-state index in [4.69, 9.17) is 9.05 Å². The third-order valence-corrected chi connectivity index (χ3v) is 5.24. The maximum Gasteiger partial charge on any atom is 0.335 e. The highest BCUT2D eigenvalue weighted by molar-refractivity contribution is 7.53. The predicted octanol–water partition coefficient (Wildman–Crippen LogP) is 4.51. The van der Waals surface area contributed by atoms with Gasteiger partial charge in [-0.1, -0.05) is 38.5 Å². The first kappa shape index (κ1) is 19.4. The molecule has 0 amide bonds. The van der Waals surface area contributed by atoms with Crippen LogP contribution in [-0.4, -0.2) is 19.8 Å². The molecule has 4 nitrogen and oxygen atoms in total. The van der Waals surface area contributed by atoms with Gasteiger partial charge in [0.1, 0.15) is 0 Å². The number of rotatable bonds is 6. The Hall–Kier alpha value is -0.670. The molecule has 1 aliphatic rings. The smallest absolute Gasteiger partial charge is 0.312 e. The summed E-state index contributed by atoms with van der Waals surface area (Å²) < 4.78 is 23.2. The predicted molar refractivity (Wildman–Crippen MR) is 92.4 cm³/mol. The van der Waals surface area contributed by atoms with Crippen molar-refractivity contribution >= 4 is 7.60 Å². The lowest BCUT2D eigenvalue weighted by atomic mass is 9.99. The minimum absolute atomic E-state index is 0.357. The monoisotopic (exact) mass is 327 g/mol. The summed E-state index contributed by atoms with van der Waals surface area (Å²) in [5.74, 6) is 0. The van der Waals surface area contributed by atoms with E-state index < -0.39 is 7.60 Å². The van der Waals surface area contributed by atoms with E-state index in [-0.39, 0.29) is 0 Å². The average Bonchev–Trinajstić information content (AvgIpc) is 2.48. The van der Waals surface area contributed by atoms with Crippen molar-refractivity contribution in [3.8, 4) is 0 Å². The standard InChI is InChI=1S/C14H22NO3P.C3H8/c1-3-17-19(16,18-4-2)11-12-5-6-14-10-15-8-7-13(14)9-12;1-3-2/h5-6,9,15H,3-4,7-8,10-11H2,1-2H3;3H2,1-2H3. The Labute approximate surface area is 135 Å². The lowest BCUT2D eigenvalue weighted by molar-refractivity contribution is 0.219. The molecule has 126 valence electrons. The van der Waals surface area contributed by atoms with E-state index in [9.17, 15) is 4.57 Å². The van der Waals surface area contributed by atoms with Gasteiger partial charge in [-0.3, -0.25) is 4.57 Å². The minimum Gasteiger partial charge on any atom is -0.312 e. The molecule has 1 heterocycles. The van der Waals surface area contributed by atoms with E-state index in [2.05, 4.69) is 31.3 Å². The molecule has 5 heteroatoms. The molecule has 1 aliphatic heterocycles. The van der Waals surface area contributed by atoms with Crippen LogP contribution in [0.1, 0.15) is 50.8 Å².